The molecule has 0 fully saturated rings. The maximum atomic E-state index is 13.2. The number of furan rings is 1. The average molecular weight is 450 g/mol. The molecule has 1 aromatic heterocycles. The smallest absolute Gasteiger partial charge is 0.262 e. The van der Waals surface area contributed by atoms with Crippen LogP contribution in [-0.4, -0.2) is 25.4 Å². The molecule has 0 bridgehead atoms. The number of fused-ring (bicyclic) bond motifs is 1. The quantitative estimate of drug-likeness (QED) is 0.369. The number of nitrogens with one attached hydrogen (secondary N) is 1. The molecule has 0 aliphatic heterocycles. The molecule has 0 spiro atoms. The van der Waals surface area contributed by atoms with Gasteiger partial charge in [0.05, 0.1) is 17.8 Å². The molecule has 0 radical (unpaired) electrons. The van der Waals surface area contributed by atoms with Crippen molar-refractivity contribution in [3.8, 4) is 11.5 Å². The summed E-state index contributed by atoms with van der Waals surface area (Å²) in [6.07, 6.45) is 0. The van der Waals surface area contributed by atoms with Crippen LogP contribution in [0.5, 0.6) is 11.5 Å². The van der Waals surface area contributed by atoms with Gasteiger partial charge < -0.3 is 19.2 Å². The third kappa shape index (κ3) is 4.31. The topological polar surface area (TPSA) is 77.8 Å². The number of para-hydroxylation sites is 2. The Bertz CT molecular complexity index is 1310. The van der Waals surface area contributed by atoms with Gasteiger partial charge in [0.1, 0.15) is 17.1 Å². The summed E-state index contributed by atoms with van der Waals surface area (Å²) in [6.45, 7) is 1.68. The molecule has 6 nitrogen and oxygen atoms in total. The van der Waals surface area contributed by atoms with E-state index in [0.29, 0.717) is 33.1 Å². The van der Waals surface area contributed by atoms with Crippen molar-refractivity contribution in [2.24, 2.45) is 0 Å². The first-order chi connectivity index (χ1) is 15.5. The van der Waals surface area contributed by atoms with Crippen molar-refractivity contribution in [2.75, 3.05) is 19.0 Å². The number of aryl methyl sites for hydroxylation is 1. The summed E-state index contributed by atoms with van der Waals surface area (Å²) in [5.74, 6) is 0.248. The third-order valence-corrected chi connectivity index (χ3v) is 5.23. The zero-order valence-corrected chi connectivity index (χ0v) is 18.2. The van der Waals surface area contributed by atoms with Crippen LogP contribution in [0, 0.1) is 6.92 Å². The number of carbonyl (C=O) groups excluding carboxylic acids is 2. The normalized spacial score (nSPS) is 10.7. The summed E-state index contributed by atoms with van der Waals surface area (Å²) in [6, 6.07) is 19.2. The van der Waals surface area contributed by atoms with E-state index >= 15 is 0 Å². The molecule has 0 atom stereocenters. The number of hydrogen-bond donors (Lipinski definition) is 1. The summed E-state index contributed by atoms with van der Waals surface area (Å²) in [4.78, 5) is 25.9. The van der Waals surface area contributed by atoms with Gasteiger partial charge in [0.15, 0.2) is 12.4 Å². The highest BCUT2D eigenvalue weighted by Crippen LogP contribution is 2.34. The Labute approximate surface area is 189 Å². The highest BCUT2D eigenvalue weighted by molar-refractivity contribution is 6.32. The van der Waals surface area contributed by atoms with E-state index in [1.807, 2.05) is 25.1 Å². The largest absolute Gasteiger partial charge is 0.495 e. The lowest BCUT2D eigenvalue weighted by Gasteiger charge is -2.10. The standard InChI is InChI=1S/C25H20ClNO5/c1-15-7-3-5-9-19(15)31-14-22(28)27-23-17-8-4-6-10-20(17)32-25(23)24(29)16-11-12-21(30-2)18(26)13-16/h3-13H,14H2,1-2H3,(H,27,28). The van der Waals surface area contributed by atoms with Crippen molar-refractivity contribution in [2.45, 2.75) is 6.92 Å². The second kappa shape index (κ2) is 9.16. The Morgan fingerprint density at radius 2 is 1.75 bits per heavy atom. The van der Waals surface area contributed by atoms with Gasteiger partial charge in [-0.1, -0.05) is 41.9 Å². The summed E-state index contributed by atoms with van der Waals surface area (Å²) >= 11 is 6.18. The second-order valence-corrected chi connectivity index (χ2v) is 7.49. The monoisotopic (exact) mass is 449 g/mol. The number of ether oxygens (including phenoxy) is 2. The lowest BCUT2D eigenvalue weighted by Crippen LogP contribution is -2.21. The maximum absolute atomic E-state index is 13.2. The maximum Gasteiger partial charge on any atom is 0.262 e. The van der Waals surface area contributed by atoms with Gasteiger partial charge >= 0.3 is 0 Å². The predicted octanol–water partition coefficient (Wildman–Crippen LogP) is 5.65. The molecule has 0 saturated carbocycles. The summed E-state index contributed by atoms with van der Waals surface area (Å²) in [5.41, 5.74) is 1.99. The lowest BCUT2D eigenvalue weighted by atomic mass is 10.1. The Hall–Kier alpha value is -3.77. The van der Waals surface area contributed by atoms with Gasteiger partial charge in [0.25, 0.3) is 5.91 Å². The number of ketones is 1. The average Bonchev–Trinajstić information content (AvgIpc) is 3.16. The highest BCUT2D eigenvalue weighted by Gasteiger charge is 2.24. The third-order valence-electron chi connectivity index (χ3n) is 4.93. The molecule has 0 saturated heterocycles. The summed E-state index contributed by atoms with van der Waals surface area (Å²) in [7, 11) is 1.49. The van der Waals surface area contributed by atoms with E-state index in [-0.39, 0.29) is 18.1 Å². The van der Waals surface area contributed by atoms with E-state index in [9.17, 15) is 9.59 Å². The van der Waals surface area contributed by atoms with E-state index < -0.39 is 11.7 Å². The number of hydrogen-bond acceptors (Lipinski definition) is 5. The fourth-order valence-corrected chi connectivity index (χ4v) is 3.56. The van der Waals surface area contributed by atoms with Crippen LogP contribution < -0.4 is 14.8 Å². The Morgan fingerprint density at radius 3 is 2.50 bits per heavy atom. The molecule has 32 heavy (non-hydrogen) atoms. The molecule has 3 aromatic carbocycles. The van der Waals surface area contributed by atoms with Crippen LogP contribution >= 0.6 is 11.6 Å². The molecule has 0 aliphatic rings. The van der Waals surface area contributed by atoms with Crippen LogP contribution in [0.15, 0.2) is 71.1 Å². The van der Waals surface area contributed by atoms with Crippen LogP contribution in [0.25, 0.3) is 11.0 Å². The van der Waals surface area contributed by atoms with E-state index in [1.54, 1.807) is 42.5 Å². The van der Waals surface area contributed by atoms with Gasteiger partial charge in [-0.05, 0) is 48.9 Å². The van der Waals surface area contributed by atoms with Crippen LogP contribution in [0.2, 0.25) is 5.02 Å². The van der Waals surface area contributed by atoms with Gasteiger partial charge in [-0.2, -0.15) is 0 Å². The summed E-state index contributed by atoms with van der Waals surface area (Å²) < 4.78 is 16.6. The number of halogens is 1. The Balaban J connectivity index is 1.63. The molecule has 1 N–H and O–H groups in total. The number of methoxy groups -OCH3 is 1. The molecule has 4 rings (SSSR count). The molecule has 1 heterocycles. The number of rotatable bonds is 7. The van der Waals surface area contributed by atoms with Crippen molar-refractivity contribution in [3.63, 3.8) is 0 Å². The first-order valence-electron chi connectivity index (χ1n) is 9.86. The Kier molecular flexibility index (Phi) is 6.14. The van der Waals surface area contributed by atoms with Gasteiger partial charge in [-0.25, -0.2) is 0 Å². The minimum atomic E-state index is -0.416. The SMILES string of the molecule is COc1ccc(C(=O)c2oc3ccccc3c2NC(=O)COc2ccccc2C)cc1Cl. The summed E-state index contributed by atoms with van der Waals surface area (Å²) in [5, 5.41) is 3.68. The molecule has 1 amide bonds. The fourth-order valence-electron chi connectivity index (χ4n) is 3.31. The van der Waals surface area contributed by atoms with E-state index in [4.69, 9.17) is 25.5 Å². The van der Waals surface area contributed by atoms with Gasteiger partial charge in [-0.15, -0.1) is 0 Å². The van der Waals surface area contributed by atoms with Crippen molar-refractivity contribution in [1.29, 1.82) is 0 Å². The van der Waals surface area contributed by atoms with E-state index in [2.05, 4.69) is 5.32 Å². The van der Waals surface area contributed by atoms with Crippen molar-refractivity contribution in [3.05, 3.63) is 88.6 Å². The Morgan fingerprint density at radius 1 is 1.00 bits per heavy atom. The molecule has 7 heteroatoms. The van der Waals surface area contributed by atoms with Gasteiger partial charge in [0.2, 0.25) is 5.78 Å². The molecule has 0 aliphatic carbocycles. The first kappa shape index (κ1) is 21.5. The van der Waals surface area contributed by atoms with Crippen LogP contribution in [0.4, 0.5) is 5.69 Å². The number of anilines is 1. The zero-order valence-electron chi connectivity index (χ0n) is 17.5. The number of benzene rings is 3. The van der Waals surface area contributed by atoms with Crippen LogP contribution in [-0.2, 0) is 4.79 Å². The second-order valence-electron chi connectivity index (χ2n) is 7.08. The number of amides is 1. The van der Waals surface area contributed by atoms with Gasteiger partial charge in [-0.3, -0.25) is 9.59 Å². The van der Waals surface area contributed by atoms with Crippen molar-refractivity contribution >= 4 is 39.9 Å². The number of carbonyl (C=O) groups is 2. The molecule has 0 unspecified atom stereocenters. The first-order valence-corrected chi connectivity index (χ1v) is 10.2. The fraction of sp³-hybridized carbons (Fsp3) is 0.120. The predicted molar refractivity (Wildman–Crippen MR) is 123 cm³/mol. The molecule has 162 valence electrons. The van der Waals surface area contributed by atoms with Gasteiger partial charge in [0, 0.05) is 10.9 Å². The van der Waals surface area contributed by atoms with Crippen LogP contribution in [0.1, 0.15) is 21.7 Å². The van der Waals surface area contributed by atoms with E-state index in [0.717, 1.165) is 5.56 Å². The van der Waals surface area contributed by atoms with Crippen molar-refractivity contribution < 1.29 is 23.5 Å². The molecular weight excluding hydrogens is 430 g/mol. The highest BCUT2D eigenvalue weighted by atomic mass is 35.5. The van der Waals surface area contributed by atoms with Crippen LogP contribution in [0.3, 0.4) is 0 Å². The zero-order chi connectivity index (χ0) is 22.7. The molecular formula is C25H20ClNO5. The minimum absolute atomic E-state index is 0.0108. The van der Waals surface area contributed by atoms with Crippen molar-refractivity contribution in [1.82, 2.24) is 0 Å². The minimum Gasteiger partial charge on any atom is -0.495 e. The lowest BCUT2D eigenvalue weighted by molar-refractivity contribution is -0.118. The van der Waals surface area contributed by atoms with E-state index in [1.165, 1.54) is 13.2 Å². The molecule has 4 aromatic rings.